The number of methoxy groups -OCH3 is 1. The van der Waals surface area contributed by atoms with E-state index in [1.807, 2.05) is 42.5 Å². The number of hydrogen-bond donors (Lipinski definition) is 1. The van der Waals surface area contributed by atoms with E-state index in [9.17, 15) is 0 Å². The van der Waals surface area contributed by atoms with Gasteiger partial charge in [0, 0.05) is 6.21 Å². The van der Waals surface area contributed by atoms with Crippen LogP contribution in [0, 0.1) is 0 Å². The highest BCUT2D eigenvalue weighted by Crippen LogP contribution is 2.27. The Bertz CT molecular complexity index is 943. The monoisotopic (exact) mass is 438 g/mol. The minimum atomic E-state index is 0.386. The molecule has 0 saturated carbocycles. The van der Waals surface area contributed by atoms with E-state index in [1.165, 1.54) is 25.6 Å². The van der Waals surface area contributed by atoms with E-state index in [0.29, 0.717) is 30.7 Å². The number of aliphatic imine (C=N–C) groups is 1. The highest BCUT2D eigenvalue weighted by molar-refractivity contribution is 5.82. The summed E-state index contributed by atoms with van der Waals surface area (Å²) in [7, 11) is 1.60. The molecule has 3 rings (SSSR count). The predicted octanol–water partition coefficient (Wildman–Crippen LogP) is 4.98. The molecular weight excluding hydrogens is 408 g/mol. The fraction of sp³-hybridized carbons (Fsp3) is 0.375. The van der Waals surface area contributed by atoms with Crippen LogP contribution in [-0.2, 0) is 0 Å². The van der Waals surface area contributed by atoms with Crippen LogP contribution in [0.1, 0.15) is 38.2 Å². The molecule has 170 valence electrons. The molecule has 32 heavy (non-hydrogen) atoms. The first-order chi connectivity index (χ1) is 15.8. The number of H-pyrrole nitrogens is 1. The van der Waals surface area contributed by atoms with Crippen molar-refractivity contribution in [2.75, 3.05) is 26.9 Å². The molecule has 2 aromatic carbocycles. The first-order valence-corrected chi connectivity index (χ1v) is 10.8. The molecule has 0 spiro atoms. The summed E-state index contributed by atoms with van der Waals surface area (Å²) in [5.74, 6) is 3.33. The van der Waals surface area contributed by atoms with Gasteiger partial charge in [0.1, 0.15) is 31.0 Å². The summed E-state index contributed by atoms with van der Waals surface area (Å²) < 4.78 is 22.8. The van der Waals surface area contributed by atoms with Gasteiger partial charge in [-0.15, -0.1) is 0 Å². The molecule has 0 fully saturated rings. The fourth-order valence-corrected chi connectivity index (χ4v) is 2.94. The quantitative estimate of drug-likeness (QED) is 0.282. The van der Waals surface area contributed by atoms with Gasteiger partial charge in [0.2, 0.25) is 5.95 Å². The molecule has 0 bridgehead atoms. The molecule has 0 aliphatic carbocycles. The molecule has 0 aliphatic heterocycles. The summed E-state index contributed by atoms with van der Waals surface area (Å²) in [6.45, 7) is 3.75. The van der Waals surface area contributed by atoms with Gasteiger partial charge in [-0.05, 0) is 54.4 Å². The normalized spacial score (nSPS) is 10.9. The van der Waals surface area contributed by atoms with Crippen LogP contribution in [0.15, 0.2) is 53.8 Å². The Balaban J connectivity index is 1.41. The molecule has 1 aromatic heterocycles. The van der Waals surface area contributed by atoms with Gasteiger partial charge in [0.25, 0.3) is 0 Å². The summed E-state index contributed by atoms with van der Waals surface area (Å²) in [6.07, 6.45) is 7.86. The van der Waals surface area contributed by atoms with Crippen molar-refractivity contribution in [1.82, 2.24) is 15.2 Å². The second-order valence-corrected chi connectivity index (χ2v) is 7.06. The Hall–Kier alpha value is -3.55. The van der Waals surface area contributed by atoms with Crippen molar-refractivity contribution >= 4 is 12.2 Å². The van der Waals surface area contributed by atoms with Crippen LogP contribution in [0.25, 0.3) is 0 Å². The number of ether oxygens (including phenoxy) is 4. The average Bonchev–Trinajstić information content (AvgIpc) is 3.35. The highest BCUT2D eigenvalue weighted by Gasteiger charge is 2.06. The summed E-state index contributed by atoms with van der Waals surface area (Å²) in [4.78, 5) is 8.16. The second kappa shape index (κ2) is 13.0. The maximum Gasteiger partial charge on any atom is 0.245 e. The number of nitrogens with zero attached hydrogens (tertiary/aromatic N) is 3. The van der Waals surface area contributed by atoms with E-state index >= 15 is 0 Å². The van der Waals surface area contributed by atoms with Crippen LogP contribution < -0.4 is 18.9 Å². The van der Waals surface area contributed by atoms with E-state index in [0.717, 1.165) is 30.1 Å². The molecule has 0 atom stereocenters. The lowest BCUT2D eigenvalue weighted by Gasteiger charge is -2.12. The van der Waals surface area contributed by atoms with Crippen molar-refractivity contribution in [2.45, 2.75) is 32.6 Å². The third-order valence-electron chi connectivity index (χ3n) is 4.63. The zero-order valence-electron chi connectivity index (χ0n) is 18.6. The molecule has 8 heteroatoms. The van der Waals surface area contributed by atoms with E-state index in [2.05, 4.69) is 27.1 Å². The second-order valence-electron chi connectivity index (χ2n) is 7.06. The molecular formula is C24H30N4O4. The molecule has 0 radical (unpaired) electrons. The van der Waals surface area contributed by atoms with Gasteiger partial charge in [-0.25, -0.2) is 10.1 Å². The number of benzene rings is 2. The first kappa shape index (κ1) is 23.1. The van der Waals surface area contributed by atoms with Crippen LogP contribution in [0.3, 0.4) is 0 Å². The van der Waals surface area contributed by atoms with Crippen molar-refractivity contribution in [3.05, 3.63) is 54.4 Å². The van der Waals surface area contributed by atoms with Crippen LogP contribution in [0.2, 0.25) is 0 Å². The number of rotatable bonds is 14. The lowest BCUT2D eigenvalue weighted by molar-refractivity contribution is 0.211. The summed E-state index contributed by atoms with van der Waals surface area (Å²) >= 11 is 0. The van der Waals surface area contributed by atoms with Gasteiger partial charge in [0.15, 0.2) is 11.5 Å². The maximum absolute atomic E-state index is 5.82. The van der Waals surface area contributed by atoms with E-state index in [-0.39, 0.29) is 0 Å². The van der Waals surface area contributed by atoms with Gasteiger partial charge in [-0.3, -0.25) is 0 Å². The smallest absolute Gasteiger partial charge is 0.245 e. The Morgan fingerprint density at radius 3 is 2.31 bits per heavy atom. The van der Waals surface area contributed by atoms with Gasteiger partial charge in [-0.1, -0.05) is 26.2 Å². The number of nitrogens with one attached hydrogen (secondary N) is 1. The minimum absolute atomic E-state index is 0.386. The number of aromatic amines is 1. The summed E-state index contributed by atoms with van der Waals surface area (Å²) in [5, 5.41) is 6.44. The molecule has 3 aromatic rings. The maximum atomic E-state index is 5.82. The zero-order valence-corrected chi connectivity index (χ0v) is 18.6. The van der Waals surface area contributed by atoms with E-state index in [4.69, 9.17) is 18.9 Å². The van der Waals surface area contributed by atoms with Crippen LogP contribution in [0.5, 0.6) is 23.0 Å². The van der Waals surface area contributed by atoms with E-state index in [1.54, 1.807) is 13.3 Å². The SMILES string of the molecule is CCCCCCOc1ccc(OCCOc2ccc(/C=N/c3ncn[nH]3)cc2OC)cc1. The third kappa shape index (κ3) is 7.61. The zero-order chi connectivity index (χ0) is 22.4. The molecule has 1 heterocycles. The molecule has 0 amide bonds. The molecule has 0 unspecified atom stereocenters. The summed E-state index contributed by atoms with van der Waals surface area (Å²) in [6, 6.07) is 13.2. The largest absolute Gasteiger partial charge is 0.494 e. The van der Waals surface area contributed by atoms with Crippen LogP contribution in [-0.4, -0.2) is 48.3 Å². The fourth-order valence-electron chi connectivity index (χ4n) is 2.94. The average molecular weight is 439 g/mol. The van der Waals surface area contributed by atoms with Gasteiger partial charge >= 0.3 is 0 Å². The highest BCUT2D eigenvalue weighted by atomic mass is 16.5. The molecule has 0 saturated heterocycles. The standard InChI is InChI=1S/C24H30N4O4/c1-3-4-5-6-13-30-20-8-10-21(11-9-20)31-14-15-32-22-12-7-19(16-23(22)29-2)17-25-24-26-18-27-28-24/h7-12,16-18H,3-6,13-15H2,1-2H3,(H,26,27,28)/b25-17+. The Kier molecular flexibility index (Phi) is 9.39. The number of unbranched alkanes of at least 4 members (excludes halogenated alkanes) is 3. The van der Waals surface area contributed by atoms with Crippen molar-refractivity contribution in [2.24, 2.45) is 4.99 Å². The molecule has 8 nitrogen and oxygen atoms in total. The predicted molar refractivity (Wildman–Crippen MR) is 124 cm³/mol. The van der Waals surface area contributed by atoms with Crippen molar-refractivity contribution in [1.29, 1.82) is 0 Å². The Labute approximate surface area is 188 Å². The van der Waals surface area contributed by atoms with Crippen molar-refractivity contribution in [3.8, 4) is 23.0 Å². The third-order valence-corrected chi connectivity index (χ3v) is 4.63. The minimum Gasteiger partial charge on any atom is -0.494 e. The van der Waals surface area contributed by atoms with Crippen molar-refractivity contribution in [3.63, 3.8) is 0 Å². The Morgan fingerprint density at radius 2 is 1.62 bits per heavy atom. The summed E-state index contributed by atoms with van der Waals surface area (Å²) in [5.41, 5.74) is 0.856. The van der Waals surface area contributed by atoms with Gasteiger partial charge < -0.3 is 18.9 Å². The Morgan fingerprint density at radius 1 is 0.875 bits per heavy atom. The topological polar surface area (TPSA) is 90.9 Å². The van der Waals surface area contributed by atoms with E-state index < -0.39 is 0 Å². The molecule has 0 aliphatic rings. The van der Waals surface area contributed by atoms with Gasteiger partial charge in [0.05, 0.1) is 13.7 Å². The first-order valence-electron chi connectivity index (χ1n) is 10.8. The number of aromatic nitrogens is 3. The lowest BCUT2D eigenvalue weighted by atomic mass is 10.2. The van der Waals surface area contributed by atoms with Crippen molar-refractivity contribution < 1.29 is 18.9 Å². The van der Waals surface area contributed by atoms with Crippen LogP contribution >= 0.6 is 0 Å². The lowest BCUT2D eigenvalue weighted by Crippen LogP contribution is -2.09. The molecule has 1 N–H and O–H groups in total. The number of hydrogen-bond acceptors (Lipinski definition) is 7. The van der Waals surface area contributed by atoms with Gasteiger partial charge in [-0.2, -0.15) is 10.1 Å². The van der Waals surface area contributed by atoms with Crippen LogP contribution in [0.4, 0.5) is 5.95 Å².